The molecule has 4 N–H and O–H groups in total. The average molecular weight is 437 g/mol. The van der Waals surface area contributed by atoms with Gasteiger partial charge in [-0.1, -0.05) is 42.5 Å². The number of rotatable bonds is 6. The highest BCUT2D eigenvalue weighted by Gasteiger charge is 2.36. The maximum absolute atomic E-state index is 13.0. The van der Waals surface area contributed by atoms with Crippen LogP contribution in [-0.2, 0) is 11.3 Å². The fraction of sp³-hybridized carbons (Fsp3) is 0.333. The molecule has 1 amide bonds. The number of nitrogens with zero attached hydrogens (tertiary/aromatic N) is 2. The highest BCUT2D eigenvalue weighted by molar-refractivity contribution is 6.04. The van der Waals surface area contributed by atoms with Crippen molar-refractivity contribution in [2.24, 2.45) is 0 Å². The fourth-order valence-electron chi connectivity index (χ4n) is 3.93. The lowest BCUT2D eigenvalue weighted by molar-refractivity contribution is -0.181. The van der Waals surface area contributed by atoms with Crippen molar-refractivity contribution >= 4 is 11.7 Å². The van der Waals surface area contributed by atoms with Crippen molar-refractivity contribution in [2.45, 2.75) is 44.3 Å². The van der Waals surface area contributed by atoms with Gasteiger partial charge in [-0.2, -0.15) is 5.10 Å². The number of carbonyl (C=O) groups is 1. The molecule has 3 aromatic rings. The molecule has 0 spiro atoms. The van der Waals surface area contributed by atoms with E-state index >= 15 is 0 Å². The van der Waals surface area contributed by atoms with Crippen LogP contribution in [-0.4, -0.2) is 55.9 Å². The van der Waals surface area contributed by atoms with Gasteiger partial charge in [0.1, 0.15) is 18.0 Å². The molecule has 4 rings (SSSR count). The molecule has 2 aromatic carbocycles. The Kier molecular flexibility index (Phi) is 6.66. The number of hydrogen-bond donors (Lipinski definition) is 4. The van der Waals surface area contributed by atoms with Crippen LogP contribution in [0.2, 0.25) is 0 Å². The zero-order valence-corrected chi connectivity index (χ0v) is 17.8. The number of hydrogen-bond acceptors (Lipinski definition) is 6. The number of benzene rings is 2. The number of nitrogens with one attached hydrogen (secondary N) is 1. The van der Waals surface area contributed by atoms with Crippen molar-refractivity contribution in [3.63, 3.8) is 0 Å². The first kappa shape index (κ1) is 22.2. The Balaban J connectivity index is 1.52. The van der Waals surface area contributed by atoms with Gasteiger partial charge < -0.3 is 25.4 Å². The van der Waals surface area contributed by atoms with Crippen molar-refractivity contribution in [3.05, 3.63) is 83.0 Å². The number of aryl methyl sites for hydroxylation is 1. The summed E-state index contributed by atoms with van der Waals surface area (Å²) in [5, 5.41) is 37.1. The maximum atomic E-state index is 13.0. The molecule has 4 unspecified atom stereocenters. The number of aliphatic hydroxyl groups excluding tert-OH is 3. The summed E-state index contributed by atoms with van der Waals surface area (Å²) in [5.74, 6) is 0.268. The van der Waals surface area contributed by atoms with Gasteiger partial charge in [-0.3, -0.25) is 4.79 Å². The van der Waals surface area contributed by atoms with Gasteiger partial charge in [0.25, 0.3) is 5.91 Å². The van der Waals surface area contributed by atoms with Gasteiger partial charge in [0.05, 0.1) is 31.1 Å². The Morgan fingerprint density at radius 2 is 1.91 bits per heavy atom. The summed E-state index contributed by atoms with van der Waals surface area (Å²) >= 11 is 0. The van der Waals surface area contributed by atoms with Crippen LogP contribution >= 0.6 is 0 Å². The van der Waals surface area contributed by atoms with E-state index in [9.17, 15) is 20.1 Å². The number of anilines is 1. The summed E-state index contributed by atoms with van der Waals surface area (Å²) in [4.78, 5) is 13.0. The molecule has 1 aliphatic heterocycles. The Bertz CT molecular complexity index is 1070. The van der Waals surface area contributed by atoms with E-state index < -0.39 is 24.4 Å². The summed E-state index contributed by atoms with van der Waals surface area (Å²) < 4.78 is 7.44. The lowest BCUT2D eigenvalue weighted by Crippen LogP contribution is -2.44. The number of amides is 1. The Morgan fingerprint density at radius 1 is 1.12 bits per heavy atom. The van der Waals surface area contributed by atoms with E-state index in [1.54, 1.807) is 28.9 Å². The first-order valence-electron chi connectivity index (χ1n) is 10.6. The second kappa shape index (κ2) is 9.62. The fourth-order valence-corrected chi connectivity index (χ4v) is 3.93. The largest absolute Gasteiger partial charge is 0.394 e. The van der Waals surface area contributed by atoms with Crippen molar-refractivity contribution in [1.82, 2.24) is 9.78 Å². The molecule has 1 aromatic heterocycles. The standard InChI is InChI=1S/C24H27N3O5/c1-15-10-22(27(26-15)13-16-6-3-2-4-7-16)25-24(31)18-9-5-8-17(11-18)23-20(30)12-19(29)21(14-28)32-23/h2-11,19-21,23,28-30H,12-14H2,1H3,(H,25,31). The van der Waals surface area contributed by atoms with Crippen molar-refractivity contribution in [3.8, 4) is 0 Å². The van der Waals surface area contributed by atoms with Gasteiger partial charge in [0, 0.05) is 18.1 Å². The third-order valence-corrected chi connectivity index (χ3v) is 5.56. The van der Waals surface area contributed by atoms with E-state index in [-0.39, 0.29) is 18.9 Å². The van der Waals surface area contributed by atoms with E-state index in [4.69, 9.17) is 4.74 Å². The molecule has 0 bridgehead atoms. The van der Waals surface area contributed by atoms with Crippen LogP contribution in [0.1, 0.15) is 39.7 Å². The van der Waals surface area contributed by atoms with Crippen molar-refractivity contribution in [1.29, 1.82) is 0 Å². The number of ether oxygens (including phenoxy) is 1. The van der Waals surface area contributed by atoms with Crippen LogP contribution in [0.25, 0.3) is 0 Å². The summed E-state index contributed by atoms with van der Waals surface area (Å²) in [7, 11) is 0. The molecule has 168 valence electrons. The smallest absolute Gasteiger partial charge is 0.256 e. The average Bonchev–Trinajstić information content (AvgIpc) is 3.13. The van der Waals surface area contributed by atoms with Crippen LogP contribution in [0.3, 0.4) is 0 Å². The summed E-state index contributed by atoms with van der Waals surface area (Å²) in [5.41, 5.74) is 2.86. The summed E-state index contributed by atoms with van der Waals surface area (Å²) in [6.45, 7) is 2.04. The number of aliphatic hydroxyl groups is 3. The minimum atomic E-state index is -0.943. The van der Waals surface area contributed by atoms with E-state index in [1.165, 1.54) is 0 Å². The summed E-state index contributed by atoms with van der Waals surface area (Å²) in [6.07, 6.45) is -3.32. The maximum Gasteiger partial charge on any atom is 0.256 e. The van der Waals surface area contributed by atoms with Crippen LogP contribution < -0.4 is 5.32 Å². The first-order chi connectivity index (χ1) is 15.4. The molecule has 0 aliphatic carbocycles. The third-order valence-electron chi connectivity index (χ3n) is 5.56. The molecule has 8 nitrogen and oxygen atoms in total. The van der Waals surface area contributed by atoms with Gasteiger partial charge in [-0.05, 0) is 30.2 Å². The molecule has 2 heterocycles. The van der Waals surface area contributed by atoms with E-state index in [0.29, 0.717) is 23.5 Å². The highest BCUT2D eigenvalue weighted by Crippen LogP contribution is 2.32. The molecule has 32 heavy (non-hydrogen) atoms. The van der Waals surface area contributed by atoms with E-state index in [2.05, 4.69) is 10.4 Å². The molecule has 0 radical (unpaired) electrons. The van der Waals surface area contributed by atoms with Gasteiger partial charge in [-0.25, -0.2) is 4.68 Å². The van der Waals surface area contributed by atoms with Crippen LogP contribution in [0, 0.1) is 6.92 Å². The second-order valence-corrected chi connectivity index (χ2v) is 8.04. The zero-order valence-electron chi connectivity index (χ0n) is 17.8. The van der Waals surface area contributed by atoms with Gasteiger partial charge >= 0.3 is 0 Å². The van der Waals surface area contributed by atoms with E-state index in [1.807, 2.05) is 43.3 Å². The predicted octanol–water partition coefficient (Wildman–Crippen LogP) is 2.04. The molecule has 8 heteroatoms. The molecule has 1 aliphatic rings. The van der Waals surface area contributed by atoms with Gasteiger partial charge in [-0.15, -0.1) is 0 Å². The highest BCUT2D eigenvalue weighted by atomic mass is 16.5. The topological polar surface area (TPSA) is 117 Å². The van der Waals surface area contributed by atoms with Crippen LogP contribution in [0.4, 0.5) is 5.82 Å². The predicted molar refractivity (Wildman–Crippen MR) is 118 cm³/mol. The summed E-state index contributed by atoms with van der Waals surface area (Å²) in [6, 6.07) is 18.5. The number of carbonyl (C=O) groups excluding carboxylic acids is 1. The van der Waals surface area contributed by atoms with E-state index in [0.717, 1.165) is 11.3 Å². The SMILES string of the molecule is Cc1cc(NC(=O)c2cccc(C3OC(CO)C(O)CC3O)c2)n(Cc2ccccc2)n1. The third kappa shape index (κ3) is 4.89. The Morgan fingerprint density at radius 3 is 2.66 bits per heavy atom. The molecular formula is C24H27N3O5. The molecular weight excluding hydrogens is 410 g/mol. The normalized spacial score (nSPS) is 23.1. The van der Waals surface area contributed by atoms with Crippen LogP contribution in [0.5, 0.6) is 0 Å². The lowest BCUT2D eigenvalue weighted by Gasteiger charge is -2.36. The molecule has 4 atom stereocenters. The lowest BCUT2D eigenvalue weighted by atomic mass is 9.93. The minimum absolute atomic E-state index is 0.0876. The quantitative estimate of drug-likeness (QED) is 0.469. The molecule has 0 saturated carbocycles. The molecule has 1 saturated heterocycles. The van der Waals surface area contributed by atoms with Gasteiger partial charge in [0.2, 0.25) is 0 Å². The van der Waals surface area contributed by atoms with Crippen molar-refractivity contribution < 1.29 is 24.9 Å². The second-order valence-electron chi connectivity index (χ2n) is 8.04. The van der Waals surface area contributed by atoms with Crippen molar-refractivity contribution in [2.75, 3.05) is 11.9 Å². The zero-order chi connectivity index (χ0) is 22.7. The minimum Gasteiger partial charge on any atom is -0.394 e. The Hall–Kier alpha value is -3.04. The Labute approximate surface area is 186 Å². The van der Waals surface area contributed by atoms with Crippen LogP contribution in [0.15, 0.2) is 60.7 Å². The van der Waals surface area contributed by atoms with Gasteiger partial charge in [0.15, 0.2) is 0 Å². The first-order valence-corrected chi connectivity index (χ1v) is 10.6. The number of aromatic nitrogens is 2. The molecule has 1 fully saturated rings. The monoisotopic (exact) mass is 437 g/mol.